The third-order valence-electron chi connectivity index (χ3n) is 6.51. The lowest BCUT2D eigenvalue weighted by molar-refractivity contribution is -0.124. The van der Waals surface area contributed by atoms with Gasteiger partial charge < -0.3 is 14.8 Å². The summed E-state index contributed by atoms with van der Waals surface area (Å²) in [4.78, 5) is 19.2. The van der Waals surface area contributed by atoms with Gasteiger partial charge in [-0.2, -0.15) is 0 Å². The lowest BCUT2D eigenvalue weighted by atomic mass is 10.0. The van der Waals surface area contributed by atoms with Gasteiger partial charge in [0, 0.05) is 48.0 Å². The molecule has 1 atom stereocenters. The number of benzene rings is 2. The number of nitrogens with zero attached hydrogens (tertiary/aromatic N) is 3. The number of halogens is 1. The quantitative estimate of drug-likeness (QED) is 0.372. The van der Waals surface area contributed by atoms with Crippen molar-refractivity contribution in [3.8, 4) is 0 Å². The average molecular weight is 528 g/mol. The minimum Gasteiger partial charge on any atom is -0.371 e. The Morgan fingerprint density at radius 2 is 1.89 bits per heavy atom. The number of piperidine rings is 1. The maximum absolute atomic E-state index is 14.0. The highest BCUT2D eigenvalue weighted by atomic mass is 32.2. The Morgan fingerprint density at radius 3 is 2.58 bits per heavy atom. The molecular weight excluding hydrogens is 501 g/mol. The SMILES string of the molecule is C[C@H](C(=O)NC1CCN(c2ccc(S(=O)(=O)Nc3nccs3)cc2)CC1)n1ccc2c(F)cccc21. The fraction of sp³-hybridized carbons (Fsp3) is 0.280. The van der Waals surface area contributed by atoms with Crippen molar-refractivity contribution < 1.29 is 17.6 Å². The molecule has 1 aliphatic heterocycles. The number of rotatable bonds is 7. The number of hydrogen-bond donors (Lipinski definition) is 2. The van der Waals surface area contributed by atoms with Gasteiger partial charge in [0.25, 0.3) is 10.0 Å². The fourth-order valence-corrected chi connectivity index (χ4v) is 6.29. The van der Waals surface area contributed by atoms with Gasteiger partial charge in [0.1, 0.15) is 11.9 Å². The van der Waals surface area contributed by atoms with Gasteiger partial charge in [0.15, 0.2) is 5.13 Å². The molecule has 36 heavy (non-hydrogen) atoms. The van der Waals surface area contributed by atoms with Crippen LogP contribution in [0.15, 0.2) is 71.2 Å². The Balaban J connectivity index is 1.17. The van der Waals surface area contributed by atoms with E-state index in [1.54, 1.807) is 58.7 Å². The molecule has 0 aliphatic carbocycles. The van der Waals surface area contributed by atoms with E-state index in [1.807, 2.05) is 13.0 Å². The van der Waals surface area contributed by atoms with Crippen molar-refractivity contribution in [2.75, 3.05) is 22.7 Å². The maximum Gasteiger partial charge on any atom is 0.263 e. The summed E-state index contributed by atoms with van der Waals surface area (Å²) in [7, 11) is -3.69. The molecule has 1 saturated heterocycles. The topological polar surface area (TPSA) is 96.3 Å². The molecule has 1 fully saturated rings. The summed E-state index contributed by atoms with van der Waals surface area (Å²) >= 11 is 1.22. The van der Waals surface area contributed by atoms with E-state index in [0.717, 1.165) is 31.6 Å². The van der Waals surface area contributed by atoms with Crippen LogP contribution in [0.25, 0.3) is 10.9 Å². The summed E-state index contributed by atoms with van der Waals surface area (Å²) < 4.78 is 43.4. The van der Waals surface area contributed by atoms with Crippen LogP contribution in [-0.2, 0) is 14.8 Å². The molecule has 2 aromatic carbocycles. The van der Waals surface area contributed by atoms with Crippen molar-refractivity contribution in [1.82, 2.24) is 14.9 Å². The standard InChI is InChI=1S/C25H26FN5O3S2/c1-17(31-15-11-21-22(26)3-2-4-23(21)31)24(32)28-18-9-13-30(14-10-18)19-5-7-20(8-6-19)36(33,34)29-25-27-12-16-35-25/h2-8,11-12,15-18H,9-10,13-14H2,1H3,(H,27,29)(H,28,32)/t17-/m1/s1. The molecule has 3 heterocycles. The third kappa shape index (κ3) is 4.93. The molecule has 0 spiro atoms. The first-order valence-corrected chi connectivity index (χ1v) is 14.0. The first kappa shape index (κ1) is 24.3. The minimum absolute atomic E-state index is 0.0388. The van der Waals surface area contributed by atoms with Gasteiger partial charge in [-0.3, -0.25) is 9.52 Å². The van der Waals surface area contributed by atoms with E-state index >= 15 is 0 Å². The van der Waals surface area contributed by atoms with E-state index in [-0.39, 0.29) is 22.7 Å². The second kappa shape index (κ2) is 9.90. The Hall–Kier alpha value is -3.44. The van der Waals surface area contributed by atoms with Gasteiger partial charge in [-0.05, 0) is 62.2 Å². The van der Waals surface area contributed by atoms with Crippen LogP contribution in [0.5, 0.6) is 0 Å². The molecule has 1 aliphatic rings. The van der Waals surface area contributed by atoms with Crippen molar-refractivity contribution in [3.05, 3.63) is 72.1 Å². The van der Waals surface area contributed by atoms with Crippen molar-refractivity contribution in [2.24, 2.45) is 0 Å². The Morgan fingerprint density at radius 1 is 1.14 bits per heavy atom. The van der Waals surface area contributed by atoms with Crippen LogP contribution in [0.1, 0.15) is 25.8 Å². The second-order valence-corrected chi connectivity index (χ2v) is 11.4. The summed E-state index contributed by atoms with van der Waals surface area (Å²) in [5.41, 5.74) is 1.63. The van der Waals surface area contributed by atoms with E-state index in [0.29, 0.717) is 16.0 Å². The van der Waals surface area contributed by atoms with E-state index < -0.39 is 16.1 Å². The van der Waals surface area contributed by atoms with Gasteiger partial charge in [-0.25, -0.2) is 17.8 Å². The molecule has 2 N–H and O–H groups in total. The van der Waals surface area contributed by atoms with Crippen molar-refractivity contribution >= 4 is 49.0 Å². The minimum atomic E-state index is -3.69. The van der Waals surface area contributed by atoms with Crippen LogP contribution >= 0.6 is 11.3 Å². The Labute approximate surface area is 212 Å². The predicted octanol–water partition coefficient (Wildman–Crippen LogP) is 4.38. The fourth-order valence-electron chi connectivity index (χ4n) is 4.50. The Kier molecular flexibility index (Phi) is 6.67. The molecule has 2 aromatic heterocycles. The molecule has 5 rings (SSSR count). The molecule has 0 unspecified atom stereocenters. The van der Waals surface area contributed by atoms with Crippen LogP contribution in [0.2, 0.25) is 0 Å². The van der Waals surface area contributed by atoms with Crippen LogP contribution in [-0.4, -0.2) is 43.0 Å². The molecule has 0 saturated carbocycles. The zero-order valence-electron chi connectivity index (χ0n) is 19.6. The van der Waals surface area contributed by atoms with Gasteiger partial charge in [-0.1, -0.05) is 6.07 Å². The first-order chi connectivity index (χ1) is 17.3. The monoisotopic (exact) mass is 527 g/mol. The van der Waals surface area contributed by atoms with Crippen LogP contribution < -0.4 is 14.9 Å². The van der Waals surface area contributed by atoms with Crippen molar-refractivity contribution in [1.29, 1.82) is 0 Å². The maximum atomic E-state index is 14.0. The molecule has 4 aromatic rings. The molecule has 188 valence electrons. The zero-order valence-corrected chi connectivity index (χ0v) is 21.2. The number of amides is 1. The number of fused-ring (bicyclic) bond motifs is 1. The molecular formula is C25H26FN5O3S2. The van der Waals surface area contributed by atoms with E-state index in [9.17, 15) is 17.6 Å². The third-order valence-corrected chi connectivity index (χ3v) is 8.69. The summed E-state index contributed by atoms with van der Waals surface area (Å²) in [6, 6.07) is 12.9. The summed E-state index contributed by atoms with van der Waals surface area (Å²) in [5.74, 6) is -0.398. The van der Waals surface area contributed by atoms with Crippen molar-refractivity contribution in [2.45, 2.75) is 36.7 Å². The summed E-state index contributed by atoms with van der Waals surface area (Å²) in [5, 5.41) is 5.67. The number of sulfonamides is 1. The molecule has 0 bridgehead atoms. The number of aromatic nitrogens is 2. The van der Waals surface area contributed by atoms with Crippen LogP contribution in [0, 0.1) is 5.82 Å². The van der Waals surface area contributed by atoms with E-state index in [1.165, 1.54) is 17.4 Å². The number of hydrogen-bond acceptors (Lipinski definition) is 6. The van der Waals surface area contributed by atoms with E-state index in [2.05, 4.69) is 19.9 Å². The second-order valence-electron chi connectivity index (χ2n) is 8.78. The summed E-state index contributed by atoms with van der Waals surface area (Å²) in [6.45, 7) is 3.29. The number of thiazole rings is 1. The number of carbonyl (C=O) groups is 1. The molecule has 11 heteroatoms. The zero-order chi connectivity index (χ0) is 25.3. The largest absolute Gasteiger partial charge is 0.371 e. The van der Waals surface area contributed by atoms with Crippen LogP contribution in [0.3, 0.4) is 0 Å². The molecule has 8 nitrogen and oxygen atoms in total. The summed E-state index contributed by atoms with van der Waals surface area (Å²) in [6.07, 6.45) is 4.83. The lowest BCUT2D eigenvalue weighted by Crippen LogP contribution is -2.46. The number of anilines is 2. The normalized spacial score (nSPS) is 15.7. The van der Waals surface area contributed by atoms with E-state index in [4.69, 9.17) is 0 Å². The molecule has 0 radical (unpaired) electrons. The predicted molar refractivity (Wildman–Crippen MR) is 139 cm³/mol. The Bertz CT molecular complexity index is 1460. The van der Waals surface area contributed by atoms with Crippen LogP contribution in [0.4, 0.5) is 15.2 Å². The van der Waals surface area contributed by atoms with Gasteiger partial charge in [0.05, 0.1) is 10.4 Å². The first-order valence-electron chi connectivity index (χ1n) is 11.6. The number of carbonyl (C=O) groups excluding carboxylic acids is 1. The highest BCUT2D eigenvalue weighted by molar-refractivity contribution is 7.93. The van der Waals surface area contributed by atoms with Gasteiger partial charge >= 0.3 is 0 Å². The lowest BCUT2D eigenvalue weighted by Gasteiger charge is -2.34. The molecule has 1 amide bonds. The smallest absolute Gasteiger partial charge is 0.263 e. The van der Waals surface area contributed by atoms with Gasteiger partial charge in [-0.15, -0.1) is 11.3 Å². The average Bonchev–Trinajstić information content (AvgIpc) is 3.54. The van der Waals surface area contributed by atoms with Crippen molar-refractivity contribution in [3.63, 3.8) is 0 Å². The van der Waals surface area contributed by atoms with Gasteiger partial charge in [0.2, 0.25) is 5.91 Å². The highest BCUT2D eigenvalue weighted by Crippen LogP contribution is 2.25. The highest BCUT2D eigenvalue weighted by Gasteiger charge is 2.25. The number of nitrogens with one attached hydrogen (secondary N) is 2.